The zero-order valence-electron chi connectivity index (χ0n) is 10.2. The number of likely N-dealkylation sites (tertiary alicyclic amines) is 1. The first-order valence-electron chi connectivity index (χ1n) is 5.91. The van der Waals surface area contributed by atoms with E-state index in [9.17, 15) is 4.79 Å². The highest BCUT2D eigenvalue weighted by Gasteiger charge is 2.28. The fourth-order valence-electron chi connectivity index (χ4n) is 2.09. The van der Waals surface area contributed by atoms with Gasteiger partial charge in [-0.15, -0.1) is 0 Å². The molecular weight excluding hydrogens is 236 g/mol. The molecule has 92 valence electrons. The summed E-state index contributed by atoms with van der Waals surface area (Å²) in [6.07, 6.45) is 1.76. The van der Waals surface area contributed by atoms with Crippen molar-refractivity contribution in [2.75, 3.05) is 18.9 Å². The van der Waals surface area contributed by atoms with E-state index in [4.69, 9.17) is 11.6 Å². The second kappa shape index (κ2) is 4.96. The van der Waals surface area contributed by atoms with Crippen molar-refractivity contribution in [2.24, 2.45) is 0 Å². The van der Waals surface area contributed by atoms with Gasteiger partial charge in [-0.2, -0.15) is 0 Å². The number of carbonyl (C=O) groups is 1. The fraction of sp³-hybridized carbons (Fsp3) is 0.462. The van der Waals surface area contributed by atoms with Crippen LogP contribution in [0.4, 0.5) is 5.69 Å². The normalized spacial score (nSPS) is 19.8. The van der Waals surface area contributed by atoms with Crippen molar-refractivity contribution in [3.05, 3.63) is 28.8 Å². The summed E-state index contributed by atoms with van der Waals surface area (Å²) in [7, 11) is 1.84. The van der Waals surface area contributed by atoms with Gasteiger partial charge in [0.25, 0.3) is 0 Å². The van der Waals surface area contributed by atoms with Gasteiger partial charge >= 0.3 is 0 Å². The van der Waals surface area contributed by atoms with Crippen molar-refractivity contribution in [1.82, 2.24) is 4.90 Å². The van der Waals surface area contributed by atoms with E-state index in [0.717, 1.165) is 35.7 Å². The van der Waals surface area contributed by atoms with Crippen molar-refractivity contribution in [3.63, 3.8) is 0 Å². The summed E-state index contributed by atoms with van der Waals surface area (Å²) >= 11 is 6.06. The Balaban J connectivity index is 2.11. The molecule has 1 atom stereocenters. The molecule has 0 bridgehead atoms. The third-order valence-electron chi connectivity index (χ3n) is 3.20. The Labute approximate surface area is 107 Å². The molecular formula is C13H17ClN2O. The summed E-state index contributed by atoms with van der Waals surface area (Å²) in [5.74, 6) is 0.165. The lowest BCUT2D eigenvalue weighted by Gasteiger charge is -2.14. The first kappa shape index (κ1) is 12.2. The molecule has 1 heterocycles. The molecule has 1 fully saturated rings. The number of hydrogen-bond acceptors (Lipinski definition) is 2. The van der Waals surface area contributed by atoms with Gasteiger partial charge in [-0.3, -0.25) is 4.79 Å². The average Bonchev–Trinajstić information content (AvgIpc) is 2.63. The van der Waals surface area contributed by atoms with E-state index in [1.165, 1.54) is 0 Å². The predicted octanol–water partition coefficient (Wildman–Crippen LogP) is 2.55. The molecule has 1 N–H and O–H groups in total. The van der Waals surface area contributed by atoms with Gasteiger partial charge in [0, 0.05) is 24.3 Å². The van der Waals surface area contributed by atoms with Crippen molar-refractivity contribution in [2.45, 2.75) is 25.8 Å². The van der Waals surface area contributed by atoms with Gasteiger partial charge in [-0.1, -0.05) is 18.5 Å². The molecule has 1 aliphatic rings. The third-order valence-corrected chi connectivity index (χ3v) is 3.56. The first-order valence-corrected chi connectivity index (χ1v) is 6.29. The molecule has 3 nitrogen and oxygen atoms in total. The number of nitrogens with zero attached hydrogens (tertiary/aromatic N) is 1. The van der Waals surface area contributed by atoms with Gasteiger partial charge in [0.1, 0.15) is 6.04 Å². The van der Waals surface area contributed by atoms with Gasteiger partial charge in [0.2, 0.25) is 5.91 Å². The number of carbonyl (C=O) groups excluding carboxylic acids is 1. The van der Waals surface area contributed by atoms with Crippen LogP contribution in [-0.2, 0) is 11.2 Å². The third kappa shape index (κ3) is 2.55. The molecule has 0 aliphatic carbocycles. The van der Waals surface area contributed by atoms with E-state index in [-0.39, 0.29) is 11.9 Å². The fourth-order valence-corrected chi connectivity index (χ4v) is 2.34. The molecule has 1 amide bonds. The van der Waals surface area contributed by atoms with Crippen LogP contribution >= 0.6 is 11.6 Å². The Kier molecular flexibility index (Phi) is 3.57. The second-order valence-electron chi connectivity index (χ2n) is 4.41. The van der Waals surface area contributed by atoms with Gasteiger partial charge in [-0.05, 0) is 36.6 Å². The van der Waals surface area contributed by atoms with E-state index in [2.05, 4.69) is 12.2 Å². The lowest BCUT2D eigenvalue weighted by atomic mass is 10.1. The minimum absolute atomic E-state index is 0.0918. The van der Waals surface area contributed by atoms with E-state index in [0.29, 0.717) is 0 Å². The van der Waals surface area contributed by atoms with Crippen molar-refractivity contribution >= 4 is 23.2 Å². The van der Waals surface area contributed by atoms with Gasteiger partial charge in [-0.25, -0.2) is 0 Å². The summed E-state index contributed by atoms with van der Waals surface area (Å²) in [5, 5.41) is 4.06. The number of rotatable bonds is 3. The van der Waals surface area contributed by atoms with Crippen molar-refractivity contribution in [3.8, 4) is 0 Å². The number of aryl methyl sites for hydroxylation is 1. The van der Waals surface area contributed by atoms with Crippen LogP contribution in [0.25, 0.3) is 0 Å². The highest BCUT2D eigenvalue weighted by atomic mass is 35.5. The molecule has 1 unspecified atom stereocenters. The van der Waals surface area contributed by atoms with Crippen LogP contribution in [0.1, 0.15) is 18.9 Å². The monoisotopic (exact) mass is 252 g/mol. The lowest BCUT2D eigenvalue weighted by molar-refractivity contribution is -0.127. The zero-order valence-corrected chi connectivity index (χ0v) is 10.9. The Morgan fingerprint density at radius 2 is 2.29 bits per heavy atom. The summed E-state index contributed by atoms with van der Waals surface area (Å²) in [4.78, 5) is 13.5. The maximum absolute atomic E-state index is 11.8. The van der Waals surface area contributed by atoms with Gasteiger partial charge in [0.15, 0.2) is 0 Å². The molecule has 0 radical (unpaired) electrons. The van der Waals surface area contributed by atoms with E-state index in [1.54, 1.807) is 4.90 Å². The summed E-state index contributed by atoms with van der Waals surface area (Å²) < 4.78 is 0. The van der Waals surface area contributed by atoms with Crippen LogP contribution < -0.4 is 5.32 Å². The zero-order chi connectivity index (χ0) is 12.4. The van der Waals surface area contributed by atoms with Crippen molar-refractivity contribution < 1.29 is 4.79 Å². The minimum Gasteiger partial charge on any atom is -0.374 e. The number of nitrogens with one attached hydrogen (secondary N) is 1. The lowest BCUT2D eigenvalue weighted by Crippen LogP contribution is -2.30. The van der Waals surface area contributed by atoms with Gasteiger partial charge < -0.3 is 10.2 Å². The molecule has 2 rings (SSSR count). The SMILES string of the molecule is CCc1cc(NC2CCN(C)C2=O)ccc1Cl. The second-order valence-corrected chi connectivity index (χ2v) is 4.81. The molecule has 1 aromatic carbocycles. The highest BCUT2D eigenvalue weighted by molar-refractivity contribution is 6.31. The summed E-state index contributed by atoms with van der Waals surface area (Å²) in [6, 6.07) is 5.73. The number of anilines is 1. The molecule has 1 aliphatic heterocycles. The molecule has 17 heavy (non-hydrogen) atoms. The van der Waals surface area contributed by atoms with E-state index >= 15 is 0 Å². The topological polar surface area (TPSA) is 32.3 Å². The van der Waals surface area contributed by atoms with Crippen LogP contribution in [0.3, 0.4) is 0 Å². The maximum Gasteiger partial charge on any atom is 0.244 e. The van der Waals surface area contributed by atoms with Crippen LogP contribution in [0.15, 0.2) is 18.2 Å². The van der Waals surface area contributed by atoms with Crippen LogP contribution in [-0.4, -0.2) is 30.4 Å². The molecule has 0 spiro atoms. The highest BCUT2D eigenvalue weighted by Crippen LogP contribution is 2.23. The van der Waals surface area contributed by atoms with Crippen LogP contribution in [0.5, 0.6) is 0 Å². The smallest absolute Gasteiger partial charge is 0.244 e. The Morgan fingerprint density at radius 3 is 2.88 bits per heavy atom. The predicted molar refractivity (Wildman–Crippen MR) is 70.5 cm³/mol. The summed E-state index contributed by atoms with van der Waals surface area (Å²) in [5.41, 5.74) is 2.08. The van der Waals surface area contributed by atoms with Gasteiger partial charge in [0.05, 0.1) is 0 Å². The van der Waals surface area contributed by atoms with Crippen LogP contribution in [0.2, 0.25) is 5.02 Å². The molecule has 4 heteroatoms. The van der Waals surface area contributed by atoms with Crippen molar-refractivity contribution in [1.29, 1.82) is 0 Å². The van der Waals surface area contributed by atoms with Crippen LogP contribution in [0, 0.1) is 0 Å². The average molecular weight is 253 g/mol. The molecule has 0 saturated carbocycles. The van der Waals surface area contributed by atoms with E-state index < -0.39 is 0 Å². The quantitative estimate of drug-likeness (QED) is 0.897. The number of hydrogen-bond donors (Lipinski definition) is 1. The number of likely N-dealkylation sites (N-methyl/N-ethyl adjacent to an activating group) is 1. The molecule has 1 saturated heterocycles. The minimum atomic E-state index is -0.0918. The number of halogens is 1. The largest absolute Gasteiger partial charge is 0.374 e. The standard InChI is InChI=1S/C13H17ClN2O/c1-3-9-8-10(4-5-11(9)14)15-12-6-7-16(2)13(12)17/h4-5,8,12,15H,3,6-7H2,1-2H3. The van der Waals surface area contributed by atoms with E-state index in [1.807, 2.05) is 25.2 Å². The number of amides is 1. The molecule has 0 aromatic heterocycles. The number of benzene rings is 1. The maximum atomic E-state index is 11.8. The Morgan fingerprint density at radius 1 is 1.53 bits per heavy atom. The summed E-state index contributed by atoms with van der Waals surface area (Å²) in [6.45, 7) is 2.89. The first-order chi connectivity index (χ1) is 8.11. The molecule has 1 aromatic rings. The Hall–Kier alpha value is -1.22. The Bertz CT molecular complexity index is 433.